The zero-order chi connectivity index (χ0) is 24.5. The summed E-state index contributed by atoms with van der Waals surface area (Å²) in [6.45, 7) is -0.882. The number of amides is 3. The molecular weight excluding hydrogens is 438 g/mol. The number of aromatic nitrogens is 1. The molecule has 3 rings (SSSR count). The van der Waals surface area contributed by atoms with Crippen LogP contribution in [0.3, 0.4) is 0 Å². The number of rotatable bonds is 11. The summed E-state index contributed by atoms with van der Waals surface area (Å²) in [6.07, 6.45) is 2.05. The molecule has 10 heteroatoms. The van der Waals surface area contributed by atoms with Crippen LogP contribution in [-0.4, -0.2) is 59.0 Å². The Balaban J connectivity index is 1.82. The molecule has 3 aromatic rings. The molecule has 0 saturated carbocycles. The van der Waals surface area contributed by atoms with E-state index in [1.165, 1.54) is 0 Å². The first kappa shape index (κ1) is 24.5. The predicted octanol–water partition coefficient (Wildman–Crippen LogP) is 0.0822. The van der Waals surface area contributed by atoms with Crippen molar-refractivity contribution in [3.63, 3.8) is 0 Å². The minimum Gasteiger partial charge on any atom is -0.480 e. The maximum Gasteiger partial charge on any atom is 0.322 e. The van der Waals surface area contributed by atoms with Crippen molar-refractivity contribution in [2.24, 2.45) is 5.73 Å². The fourth-order valence-electron chi connectivity index (χ4n) is 3.60. The topological polar surface area (TPSA) is 166 Å². The number of carboxylic acid groups (broad SMARTS) is 1. The van der Waals surface area contributed by atoms with E-state index in [4.69, 9.17) is 10.8 Å². The lowest BCUT2D eigenvalue weighted by molar-refractivity contribution is -0.138. The highest BCUT2D eigenvalue weighted by atomic mass is 16.4. The third-order valence-corrected chi connectivity index (χ3v) is 5.27. The van der Waals surface area contributed by atoms with Gasteiger partial charge in [0.1, 0.15) is 18.6 Å². The third-order valence-electron chi connectivity index (χ3n) is 5.27. The molecular formula is C24H27N5O5. The van der Waals surface area contributed by atoms with Gasteiger partial charge in [-0.3, -0.25) is 19.2 Å². The van der Waals surface area contributed by atoms with Crippen molar-refractivity contribution in [1.82, 2.24) is 20.9 Å². The molecule has 0 radical (unpaired) electrons. The largest absolute Gasteiger partial charge is 0.480 e. The highest BCUT2D eigenvalue weighted by Crippen LogP contribution is 2.19. The number of benzene rings is 2. The van der Waals surface area contributed by atoms with E-state index >= 15 is 0 Å². The van der Waals surface area contributed by atoms with Crippen LogP contribution in [0.2, 0.25) is 0 Å². The lowest BCUT2D eigenvalue weighted by Gasteiger charge is -2.23. The lowest BCUT2D eigenvalue weighted by Crippen LogP contribution is -2.56. The van der Waals surface area contributed by atoms with Crippen LogP contribution in [0.25, 0.3) is 10.9 Å². The standard InChI is InChI=1S/C24H27N5O5/c25-12-21(30)28-19(10-15-6-2-1-3-7-15)24(34)29-20(23(33)27-14-22(31)32)11-16-13-26-18-9-5-4-8-17(16)18/h1-9,13,19-20,26H,10-12,14,25H2,(H,27,33)(H,28,30)(H,29,34)(H,31,32). The van der Waals surface area contributed by atoms with E-state index in [0.717, 1.165) is 22.0 Å². The number of carbonyl (C=O) groups excluding carboxylic acids is 3. The van der Waals surface area contributed by atoms with Crippen molar-refractivity contribution in [3.05, 3.63) is 71.9 Å². The highest BCUT2D eigenvalue weighted by Gasteiger charge is 2.28. The summed E-state index contributed by atoms with van der Waals surface area (Å²) in [7, 11) is 0. The summed E-state index contributed by atoms with van der Waals surface area (Å²) in [5.74, 6) is -2.95. The molecule has 1 heterocycles. The molecule has 2 unspecified atom stereocenters. The lowest BCUT2D eigenvalue weighted by atomic mass is 10.0. The first-order valence-electron chi connectivity index (χ1n) is 10.8. The van der Waals surface area contributed by atoms with Crippen LogP contribution < -0.4 is 21.7 Å². The number of fused-ring (bicyclic) bond motifs is 1. The van der Waals surface area contributed by atoms with Gasteiger partial charge in [0.15, 0.2) is 0 Å². The van der Waals surface area contributed by atoms with Crippen molar-refractivity contribution in [1.29, 1.82) is 0 Å². The second kappa shape index (κ2) is 11.6. The van der Waals surface area contributed by atoms with Crippen LogP contribution in [0.1, 0.15) is 11.1 Å². The molecule has 0 aliphatic heterocycles. The average molecular weight is 466 g/mol. The molecule has 7 N–H and O–H groups in total. The summed E-state index contributed by atoms with van der Waals surface area (Å²) in [6, 6.07) is 14.5. The Bertz CT molecular complexity index is 1160. The maximum absolute atomic E-state index is 13.2. The molecule has 0 saturated heterocycles. The van der Waals surface area contributed by atoms with E-state index in [1.807, 2.05) is 54.6 Å². The number of H-pyrrole nitrogens is 1. The van der Waals surface area contributed by atoms with Crippen molar-refractivity contribution in [2.45, 2.75) is 24.9 Å². The van der Waals surface area contributed by atoms with Crippen LogP contribution in [-0.2, 0) is 32.0 Å². The van der Waals surface area contributed by atoms with Crippen LogP contribution >= 0.6 is 0 Å². The Morgan fingerprint density at radius 2 is 1.56 bits per heavy atom. The van der Waals surface area contributed by atoms with E-state index < -0.39 is 42.3 Å². The normalized spacial score (nSPS) is 12.5. The molecule has 0 fully saturated rings. The SMILES string of the molecule is NCC(=O)NC(Cc1ccccc1)C(=O)NC(Cc1c[nH]c2ccccc12)C(=O)NCC(=O)O. The van der Waals surface area contributed by atoms with Crippen molar-refractivity contribution >= 4 is 34.6 Å². The Hall–Kier alpha value is -4.18. The number of nitrogens with one attached hydrogen (secondary N) is 4. The van der Waals surface area contributed by atoms with Gasteiger partial charge in [-0.2, -0.15) is 0 Å². The van der Waals surface area contributed by atoms with Gasteiger partial charge < -0.3 is 31.8 Å². The smallest absolute Gasteiger partial charge is 0.322 e. The first-order chi connectivity index (χ1) is 16.4. The van der Waals surface area contributed by atoms with E-state index in [-0.39, 0.29) is 19.4 Å². The van der Waals surface area contributed by atoms with Gasteiger partial charge in [0.25, 0.3) is 0 Å². The van der Waals surface area contributed by atoms with Gasteiger partial charge in [-0.05, 0) is 17.2 Å². The summed E-state index contributed by atoms with van der Waals surface area (Å²) >= 11 is 0. The monoisotopic (exact) mass is 465 g/mol. The Morgan fingerprint density at radius 3 is 2.26 bits per heavy atom. The second-order valence-corrected chi connectivity index (χ2v) is 7.75. The van der Waals surface area contributed by atoms with E-state index in [9.17, 15) is 19.2 Å². The molecule has 0 aliphatic carbocycles. The molecule has 1 aromatic heterocycles. The average Bonchev–Trinajstić information content (AvgIpc) is 3.25. The molecule has 3 amide bonds. The summed E-state index contributed by atoms with van der Waals surface area (Å²) < 4.78 is 0. The second-order valence-electron chi connectivity index (χ2n) is 7.75. The fraction of sp³-hybridized carbons (Fsp3) is 0.250. The molecule has 34 heavy (non-hydrogen) atoms. The quantitative estimate of drug-likeness (QED) is 0.235. The Labute approximate surface area is 195 Å². The van der Waals surface area contributed by atoms with E-state index in [2.05, 4.69) is 20.9 Å². The number of nitrogens with two attached hydrogens (primary N) is 1. The minimum atomic E-state index is -1.21. The molecule has 2 atom stereocenters. The van der Waals surface area contributed by atoms with Crippen molar-refractivity contribution < 1.29 is 24.3 Å². The minimum absolute atomic E-state index is 0.115. The maximum atomic E-state index is 13.2. The summed E-state index contributed by atoms with van der Waals surface area (Å²) in [4.78, 5) is 52.0. The Kier molecular flexibility index (Phi) is 8.36. The molecule has 2 aromatic carbocycles. The van der Waals surface area contributed by atoms with Crippen LogP contribution in [0.4, 0.5) is 0 Å². The molecule has 178 valence electrons. The van der Waals surface area contributed by atoms with Gasteiger partial charge in [-0.1, -0.05) is 48.5 Å². The number of hydrogen-bond acceptors (Lipinski definition) is 5. The zero-order valence-corrected chi connectivity index (χ0v) is 18.4. The molecule has 0 bridgehead atoms. The molecule has 0 aliphatic rings. The van der Waals surface area contributed by atoms with Crippen molar-refractivity contribution in [2.75, 3.05) is 13.1 Å². The first-order valence-corrected chi connectivity index (χ1v) is 10.8. The van der Waals surface area contributed by atoms with Gasteiger partial charge >= 0.3 is 5.97 Å². The van der Waals surface area contributed by atoms with Gasteiger partial charge in [-0.15, -0.1) is 0 Å². The van der Waals surface area contributed by atoms with Crippen LogP contribution in [0, 0.1) is 0 Å². The zero-order valence-electron chi connectivity index (χ0n) is 18.4. The number of para-hydroxylation sites is 1. The number of aromatic amines is 1. The number of hydrogen-bond donors (Lipinski definition) is 6. The van der Waals surface area contributed by atoms with Crippen molar-refractivity contribution in [3.8, 4) is 0 Å². The van der Waals surface area contributed by atoms with Crippen LogP contribution in [0.15, 0.2) is 60.8 Å². The number of carbonyl (C=O) groups is 4. The van der Waals surface area contributed by atoms with Gasteiger partial charge in [-0.25, -0.2) is 0 Å². The van der Waals surface area contributed by atoms with E-state index in [1.54, 1.807) is 6.20 Å². The number of carboxylic acids is 1. The third kappa shape index (κ3) is 6.66. The predicted molar refractivity (Wildman–Crippen MR) is 126 cm³/mol. The van der Waals surface area contributed by atoms with E-state index in [0.29, 0.717) is 0 Å². The molecule has 0 spiro atoms. The highest BCUT2D eigenvalue weighted by molar-refractivity contribution is 5.94. The summed E-state index contributed by atoms with van der Waals surface area (Å²) in [5, 5.41) is 17.4. The van der Waals surface area contributed by atoms with Crippen LogP contribution in [0.5, 0.6) is 0 Å². The van der Waals surface area contributed by atoms with Gasteiger partial charge in [0, 0.05) is 29.9 Å². The fourth-order valence-corrected chi connectivity index (χ4v) is 3.60. The number of aliphatic carboxylic acids is 1. The molecule has 10 nitrogen and oxygen atoms in total. The van der Waals surface area contributed by atoms with Gasteiger partial charge in [0.05, 0.1) is 6.54 Å². The summed E-state index contributed by atoms with van der Waals surface area (Å²) in [5.41, 5.74) is 7.86. The van der Waals surface area contributed by atoms with Gasteiger partial charge in [0.2, 0.25) is 17.7 Å². The Morgan fingerprint density at radius 1 is 0.882 bits per heavy atom.